The van der Waals surface area contributed by atoms with Gasteiger partial charge in [-0.05, 0) is 74.0 Å². The second kappa shape index (κ2) is 14.0. The zero-order valence-corrected chi connectivity index (χ0v) is 32.9. The van der Waals surface area contributed by atoms with Gasteiger partial charge in [-0.1, -0.05) is 188 Å². The quantitative estimate of drug-likeness (QED) is 0.168. The predicted octanol–water partition coefficient (Wildman–Crippen LogP) is 14.0. The first-order valence-electron chi connectivity index (χ1n) is 20.5. The Morgan fingerprint density at radius 3 is 1.69 bits per heavy atom. The van der Waals surface area contributed by atoms with E-state index in [1.54, 1.807) is 0 Å². The SMILES string of the molecule is c1ccc(-c2nc(-c3cccc(-c4cccc5c4Oc4cc6c(cc4O5)C(c4ccccc4)(c4ccccc4)c4ccccc4-6)c3)nc(-c3cccc4ccccc34)n2)cc1. The summed E-state index contributed by atoms with van der Waals surface area (Å²) in [5.74, 6) is 4.48. The summed E-state index contributed by atoms with van der Waals surface area (Å²) in [6.45, 7) is 0. The number of hydrogen-bond acceptors (Lipinski definition) is 5. The Morgan fingerprint density at radius 2 is 0.885 bits per heavy atom. The summed E-state index contributed by atoms with van der Waals surface area (Å²) in [5, 5.41) is 2.21. The van der Waals surface area contributed by atoms with Gasteiger partial charge < -0.3 is 9.47 Å². The number of ether oxygens (including phenoxy) is 2. The molecule has 1 aliphatic carbocycles. The minimum absolute atomic E-state index is 0.543. The van der Waals surface area contributed by atoms with E-state index in [4.69, 9.17) is 24.4 Å². The molecular formula is C56H35N3O2. The van der Waals surface area contributed by atoms with Crippen LogP contribution in [0.4, 0.5) is 0 Å². The van der Waals surface area contributed by atoms with Crippen LogP contribution in [0, 0.1) is 0 Å². The van der Waals surface area contributed by atoms with Gasteiger partial charge in [-0.25, -0.2) is 15.0 Å². The van der Waals surface area contributed by atoms with E-state index in [2.05, 4.69) is 164 Å². The maximum atomic E-state index is 6.96. The molecule has 0 atom stereocenters. The predicted molar refractivity (Wildman–Crippen MR) is 243 cm³/mol. The van der Waals surface area contributed by atoms with Gasteiger partial charge in [0.15, 0.2) is 40.5 Å². The van der Waals surface area contributed by atoms with Crippen molar-refractivity contribution in [2.75, 3.05) is 0 Å². The number of para-hydroxylation sites is 1. The van der Waals surface area contributed by atoms with E-state index < -0.39 is 5.41 Å². The van der Waals surface area contributed by atoms with Crippen LogP contribution in [0.3, 0.4) is 0 Å². The monoisotopic (exact) mass is 781 g/mol. The van der Waals surface area contributed by atoms with Gasteiger partial charge in [0.25, 0.3) is 0 Å². The van der Waals surface area contributed by atoms with Crippen molar-refractivity contribution in [1.82, 2.24) is 15.0 Å². The summed E-state index contributed by atoms with van der Waals surface area (Å²) in [5.41, 5.74) is 11.1. The molecule has 286 valence electrons. The van der Waals surface area contributed by atoms with E-state index in [1.165, 1.54) is 22.3 Å². The molecule has 0 N–H and O–H groups in total. The Bertz CT molecular complexity index is 3270. The number of hydrogen-bond donors (Lipinski definition) is 0. The van der Waals surface area contributed by atoms with Crippen LogP contribution in [0.25, 0.3) is 67.2 Å². The largest absolute Gasteiger partial charge is 0.449 e. The molecule has 0 radical (unpaired) electrons. The fraction of sp³-hybridized carbons (Fsp3) is 0.0179. The Hall–Kier alpha value is -8.15. The van der Waals surface area contributed by atoms with Crippen molar-refractivity contribution in [1.29, 1.82) is 0 Å². The molecule has 2 heterocycles. The molecule has 0 fully saturated rings. The average Bonchev–Trinajstić information content (AvgIpc) is 3.62. The Morgan fingerprint density at radius 1 is 0.328 bits per heavy atom. The van der Waals surface area contributed by atoms with Crippen LogP contribution in [0.2, 0.25) is 0 Å². The van der Waals surface area contributed by atoms with E-state index in [0.29, 0.717) is 40.5 Å². The minimum Gasteiger partial charge on any atom is -0.449 e. The van der Waals surface area contributed by atoms with Crippen molar-refractivity contribution in [2.24, 2.45) is 0 Å². The highest BCUT2D eigenvalue weighted by atomic mass is 16.6. The van der Waals surface area contributed by atoms with Gasteiger partial charge in [0.2, 0.25) is 0 Å². The minimum atomic E-state index is -0.543. The summed E-state index contributed by atoms with van der Waals surface area (Å²) in [6.07, 6.45) is 0. The van der Waals surface area contributed by atoms with Crippen LogP contribution in [0.1, 0.15) is 22.3 Å². The highest BCUT2D eigenvalue weighted by Gasteiger charge is 2.47. The lowest BCUT2D eigenvalue weighted by Gasteiger charge is -2.34. The summed E-state index contributed by atoms with van der Waals surface area (Å²) in [7, 11) is 0. The van der Waals surface area contributed by atoms with Crippen molar-refractivity contribution in [3.8, 4) is 79.4 Å². The second-order valence-electron chi connectivity index (χ2n) is 15.5. The first-order chi connectivity index (χ1) is 30.2. The lowest BCUT2D eigenvalue weighted by atomic mass is 9.67. The van der Waals surface area contributed by atoms with Gasteiger partial charge in [-0.3, -0.25) is 0 Å². The Labute approximate surface area is 353 Å². The highest BCUT2D eigenvalue weighted by molar-refractivity contribution is 5.95. The molecule has 0 saturated carbocycles. The lowest BCUT2D eigenvalue weighted by Crippen LogP contribution is -2.28. The van der Waals surface area contributed by atoms with Gasteiger partial charge in [0.1, 0.15) is 0 Å². The van der Waals surface area contributed by atoms with Crippen LogP contribution in [-0.2, 0) is 5.41 Å². The van der Waals surface area contributed by atoms with E-state index in [-0.39, 0.29) is 0 Å². The van der Waals surface area contributed by atoms with Crippen LogP contribution in [0.15, 0.2) is 212 Å². The molecule has 0 saturated heterocycles. The molecule has 12 rings (SSSR count). The van der Waals surface area contributed by atoms with E-state index >= 15 is 0 Å². The van der Waals surface area contributed by atoms with Gasteiger partial charge >= 0.3 is 0 Å². The molecule has 10 aromatic rings. The highest BCUT2D eigenvalue weighted by Crippen LogP contribution is 2.60. The molecule has 1 aromatic heterocycles. The van der Waals surface area contributed by atoms with E-state index in [1.807, 2.05) is 48.5 Å². The molecule has 5 nitrogen and oxygen atoms in total. The van der Waals surface area contributed by atoms with Gasteiger partial charge in [0.05, 0.1) is 5.41 Å². The molecule has 1 aliphatic heterocycles. The molecular weight excluding hydrogens is 747 g/mol. The molecule has 0 amide bonds. The first kappa shape index (κ1) is 34.9. The van der Waals surface area contributed by atoms with Crippen molar-refractivity contribution in [2.45, 2.75) is 5.41 Å². The normalized spacial score (nSPS) is 13.0. The summed E-state index contributed by atoms with van der Waals surface area (Å²) in [6, 6.07) is 73.7. The molecule has 2 aliphatic rings. The topological polar surface area (TPSA) is 57.1 Å². The standard InChI is InChI=1S/C56H35N3O2/c1-4-18-37(19-5-1)53-57-54(59-55(58-53)45-30-15-20-36-17-10-11-27-42(36)45)39-22-14-21-38(33-39)43-29-16-32-49-52(43)61-50-34-46-44-28-12-13-31-47(44)56(40-23-6-2-7-24-40,41-25-8-3-9-26-41)48(46)35-51(50)60-49/h1-35H. The van der Waals surface area contributed by atoms with Crippen molar-refractivity contribution in [3.05, 3.63) is 235 Å². The van der Waals surface area contributed by atoms with Crippen LogP contribution < -0.4 is 9.47 Å². The maximum Gasteiger partial charge on any atom is 0.177 e. The third-order valence-electron chi connectivity index (χ3n) is 12.1. The first-order valence-corrected chi connectivity index (χ1v) is 20.5. The van der Waals surface area contributed by atoms with Gasteiger partial charge in [0, 0.05) is 22.3 Å². The molecule has 0 spiro atoms. The molecule has 9 aromatic carbocycles. The molecule has 0 unspecified atom stereocenters. The number of aromatic nitrogens is 3. The maximum absolute atomic E-state index is 6.96. The zero-order chi connectivity index (χ0) is 40.3. The van der Waals surface area contributed by atoms with Crippen molar-refractivity contribution < 1.29 is 9.47 Å². The van der Waals surface area contributed by atoms with Crippen LogP contribution in [0.5, 0.6) is 23.0 Å². The van der Waals surface area contributed by atoms with Crippen molar-refractivity contribution in [3.63, 3.8) is 0 Å². The number of benzene rings is 9. The lowest BCUT2D eigenvalue weighted by molar-refractivity contribution is 0.360. The van der Waals surface area contributed by atoms with Crippen LogP contribution >= 0.6 is 0 Å². The second-order valence-corrected chi connectivity index (χ2v) is 15.5. The fourth-order valence-electron chi connectivity index (χ4n) is 9.35. The Kier molecular flexibility index (Phi) is 8.00. The fourth-order valence-corrected chi connectivity index (χ4v) is 9.35. The van der Waals surface area contributed by atoms with Crippen LogP contribution in [-0.4, -0.2) is 15.0 Å². The smallest absolute Gasteiger partial charge is 0.177 e. The van der Waals surface area contributed by atoms with E-state index in [0.717, 1.165) is 49.7 Å². The van der Waals surface area contributed by atoms with Gasteiger partial charge in [-0.15, -0.1) is 0 Å². The summed E-state index contributed by atoms with van der Waals surface area (Å²) < 4.78 is 13.8. The Balaban J connectivity index is 0.973. The number of rotatable bonds is 6. The van der Waals surface area contributed by atoms with Crippen molar-refractivity contribution >= 4 is 10.8 Å². The molecule has 61 heavy (non-hydrogen) atoms. The summed E-state index contributed by atoms with van der Waals surface area (Å²) in [4.78, 5) is 15.2. The average molecular weight is 782 g/mol. The molecule has 5 heteroatoms. The number of nitrogens with zero attached hydrogens (tertiary/aromatic N) is 3. The number of fused-ring (bicyclic) bond motifs is 6. The molecule has 0 bridgehead atoms. The zero-order valence-electron chi connectivity index (χ0n) is 32.9. The van der Waals surface area contributed by atoms with E-state index in [9.17, 15) is 0 Å². The third-order valence-corrected chi connectivity index (χ3v) is 12.1. The third kappa shape index (κ3) is 5.59. The summed E-state index contributed by atoms with van der Waals surface area (Å²) >= 11 is 0. The van der Waals surface area contributed by atoms with Gasteiger partial charge in [-0.2, -0.15) is 0 Å².